The summed E-state index contributed by atoms with van der Waals surface area (Å²) in [7, 11) is 0. The van der Waals surface area contributed by atoms with E-state index in [-0.39, 0.29) is 29.3 Å². The molecule has 11 heteroatoms. The Labute approximate surface area is 161 Å². The van der Waals surface area contributed by atoms with Gasteiger partial charge in [0, 0.05) is 17.8 Å². The van der Waals surface area contributed by atoms with E-state index in [1.165, 1.54) is 18.2 Å². The van der Waals surface area contributed by atoms with Gasteiger partial charge in [0.2, 0.25) is 5.91 Å². The highest BCUT2D eigenvalue weighted by Crippen LogP contribution is 2.37. The minimum atomic E-state index is -4.94. The summed E-state index contributed by atoms with van der Waals surface area (Å²) in [6.07, 6.45) is -5.14. The predicted molar refractivity (Wildman–Crippen MR) is 93.0 cm³/mol. The van der Waals surface area contributed by atoms with Crippen LogP contribution in [0.25, 0.3) is 0 Å². The summed E-state index contributed by atoms with van der Waals surface area (Å²) in [5.74, 6) is -0.340. The molecule has 0 heterocycles. The van der Waals surface area contributed by atoms with Crippen molar-refractivity contribution in [2.75, 3.05) is 11.9 Å². The highest BCUT2D eigenvalue weighted by Gasteiger charge is 2.38. The van der Waals surface area contributed by atoms with E-state index in [1.54, 1.807) is 0 Å². The molecule has 0 fully saturated rings. The Morgan fingerprint density at radius 2 is 2.00 bits per heavy atom. The number of nitrogens with one attached hydrogen (secondary N) is 1. The number of nitrogens with zero attached hydrogens (tertiary/aromatic N) is 2. The highest BCUT2D eigenvalue weighted by atomic mass is 35.5. The van der Waals surface area contributed by atoms with E-state index in [1.807, 2.05) is 6.07 Å². The summed E-state index contributed by atoms with van der Waals surface area (Å²) in [5, 5.41) is 21.9. The van der Waals surface area contributed by atoms with Crippen LogP contribution in [0.4, 0.5) is 24.5 Å². The monoisotopic (exact) mass is 413 g/mol. The zero-order valence-electron chi connectivity index (χ0n) is 13.9. The molecule has 0 saturated heterocycles. The summed E-state index contributed by atoms with van der Waals surface area (Å²) in [5.41, 5.74) is -2.54. The van der Waals surface area contributed by atoms with Crippen LogP contribution in [-0.4, -0.2) is 17.4 Å². The summed E-state index contributed by atoms with van der Waals surface area (Å²) >= 11 is 5.84. The Kier molecular flexibility index (Phi) is 6.43. The normalized spacial score (nSPS) is 10.8. The third kappa shape index (κ3) is 5.34. The van der Waals surface area contributed by atoms with Crippen molar-refractivity contribution in [2.45, 2.75) is 12.6 Å². The molecule has 0 aliphatic heterocycles. The van der Waals surface area contributed by atoms with E-state index in [2.05, 4.69) is 5.32 Å². The lowest BCUT2D eigenvalue weighted by molar-refractivity contribution is -0.388. The largest absolute Gasteiger partial charge is 0.493 e. The molecule has 0 aliphatic rings. The smallest absolute Gasteiger partial charge is 0.423 e. The number of anilines is 1. The van der Waals surface area contributed by atoms with Crippen LogP contribution in [0.5, 0.6) is 5.75 Å². The van der Waals surface area contributed by atoms with Crippen molar-refractivity contribution >= 4 is 28.9 Å². The molecule has 0 aliphatic carbocycles. The van der Waals surface area contributed by atoms with Gasteiger partial charge < -0.3 is 10.1 Å². The summed E-state index contributed by atoms with van der Waals surface area (Å²) < 4.78 is 44.1. The molecule has 0 bridgehead atoms. The molecule has 0 atom stereocenters. The van der Waals surface area contributed by atoms with Gasteiger partial charge in [0.25, 0.3) is 5.69 Å². The van der Waals surface area contributed by atoms with Gasteiger partial charge in [-0.3, -0.25) is 14.9 Å². The molecule has 0 unspecified atom stereocenters. The number of nitro groups is 1. The maximum absolute atomic E-state index is 12.9. The number of alkyl halides is 3. The number of hydrogen-bond donors (Lipinski definition) is 1. The molecule has 7 nitrogen and oxygen atoms in total. The van der Waals surface area contributed by atoms with Crippen LogP contribution >= 0.6 is 11.6 Å². The molecule has 0 saturated carbocycles. The Hall–Kier alpha value is -3.32. The van der Waals surface area contributed by atoms with Crippen LogP contribution < -0.4 is 10.1 Å². The standard InChI is InChI=1S/C17H11ClF3N3O4/c18-14-8-12(3-1-10(14)9-22)28-6-5-16(25)23-11-2-4-15(24(26)27)13(7-11)17(19,20)21/h1-4,7-8H,5-6H2,(H,23,25). The quantitative estimate of drug-likeness (QED) is 0.552. The third-order valence-electron chi connectivity index (χ3n) is 3.44. The molecule has 146 valence electrons. The van der Waals surface area contributed by atoms with Gasteiger partial charge in [-0.05, 0) is 24.3 Å². The van der Waals surface area contributed by atoms with E-state index in [4.69, 9.17) is 21.6 Å². The number of rotatable bonds is 6. The maximum Gasteiger partial charge on any atom is 0.423 e. The SMILES string of the molecule is N#Cc1ccc(OCCC(=O)Nc2ccc([N+](=O)[O-])c(C(F)(F)F)c2)cc1Cl. The summed E-state index contributed by atoms with van der Waals surface area (Å²) in [4.78, 5) is 21.4. The van der Waals surface area contributed by atoms with Crippen molar-refractivity contribution in [3.63, 3.8) is 0 Å². The Morgan fingerprint density at radius 3 is 2.57 bits per heavy atom. The number of benzene rings is 2. The van der Waals surface area contributed by atoms with Crippen molar-refractivity contribution in [1.29, 1.82) is 5.26 Å². The Balaban J connectivity index is 1.99. The fourth-order valence-corrected chi connectivity index (χ4v) is 2.37. The fraction of sp³-hybridized carbons (Fsp3) is 0.176. The fourth-order valence-electron chi connectivity index (χ4n) is 2.16. The van der Waals surface area contributed by atoms with Gasteiger partial charge in [0.1, 0.15) is 17.4 Å². The molecular formula is C17H11ClF3N3O4. The van der Waals surface area contributed by atoms with Crippen LogP contribution in [0.2, 0.25) is 5.02 Å². The lowest BCUT2D eigenvalue weighted by Gasteiger charge is -2.11. The first-order chi connectivity index (χ1) is 13.1. The average Bonchev–Trinajstić information content (AvgIpc) is 2.61. The first kappa shape index (κ1) is 21.0. The van der Waals surface area contributed by atoms with Crippen LogP contribution in [0.1, 0.15) is 17.5 Å². The van der Waals surface area contributed by atoms with Crippen LogP contribution in [0.15, 0.2) is 36.4 Å². The second kappa shape index (κ2) is 8.58. The van der Waals surface area contributed by atoms with E-state index in [0.29, 0.717) is 17.9 Å². The first-order valence-electron chi connectivity index (χ1n) is 7.59. The number of ether oxygens (including phenoxy) is 1. The summed E-state index contributed by atoms with van der Waals surface area (Å²) in [6, 6.07) is 8.37. The van der Waals surface area contributed by atoms with Gasteiger partial charge in [-0.25, -0.2) is 0 Å². The van der Waals surface area contributed by atoms with Crippen LogP contribution in [0.3, 0.4) is 0 Å². The topological polar surface area (TPSA) is 105 Å². The van der Waals surface area contributed by atoms with E-state index in [9.17, 15) is 28.1 Å². The van der Waals surface area contributed by atoms with Crippen LogP contribution in [-0.2, 0) is 11.0 Å². The van der Waals surface area contributed by atoms with E-state index < -0.39 is 28.3 Å². The van der Waals surface area contributed by atoms with Gasteiger partial charge >= 0.3 is 6.18 Å². The molecule has 0 spiro atoms. The number of nitriles is 1. The minimum Gasteiger partial charge on any atom is -0.493 e. The van der Waals surface area contributed by atoms with Gasteiger partial charge in [-0.2, -0.15) is 18.4 Å². The molecule has 28 heavy (non-hydrogen) atoms. The molecule has 2 aromatic carbocycles. The molecule has 2 aromatic rings. The predicted octanol–water partition coefficient (Wildman–Crippen LogP) is 4.55. The van der Waals surface area contributed by atoms with Gasteiger partial charge in [-0.1, -0.05) is 11.6 Å². The molecule has 1 amide bonds. The number of nitro benzene ring substituents is 1. The number of carbonyl (C=O) groups is 1. The second-order valence-electron chi connectivity index (χ2n) is 5.39. The second-order valence-corrected chi connectivity index (χ2v) is 5.79. The minimum absolute atomic E-state index is 0.104. The van der Waals surface area contributed by atoms with Crippen molar-refractivity contribution in [3.8, 4) is 11.8 Å². The zero-order valence-corrected chi connectivity index (χ0v) is 14.7. The molecular weight excluding hydrogens is 403 g/mol. The summed E-state index contributed by atoms with van der Waals surface area (Å²) in [6.45, 7) is -0.104. The van der Waals surface area contributed by atoms with Crippen molar-refractivity contribution < 1.29 is 27.6 Å². The number of hydrogen-bond acceptors (Lipinski definition) is 5. The lowest BCUT2D eigenvalue weighted by Crippen LogP contribution is -2.16. The number of carbonyl (C=O) groups excluding carboxylic acids is 1. The average molecular weight is 414 g/mol. The van der Waals surface area contributed by atoms with E-state index in [0.717, 1.165) is 6.07 Å². The van der Waals surface area contributed by atoms with Crippen molar-refractivity contribution in [3.05, 3.63) is 62.7 Å². The van der Waals surface area contributed by atoms with Gasteiger partial charge in [-0.15, -0.1) is 0 Å². The molecule has 1 N–H and O–H groups in total. The molecule has 0 radical (unpaired) electrons. The first-order valence-corrected chi connectivity index (χ1v) is 7.97. The zero-order chi connectivity index (χ0) is 20.9. The number of amides is 1. The highest BCUT2D eigenvalue weighted by molar-refractivity contribution is 6.31. The number of halogens is 4. The third-order valence-corrected chi connectivity index (χ3v) is 3.75. The Morgan fingerprint density at radius 1 is 1.29 bits per heavy atom. The Bertz CT molecular complexity index is 958. The van der Waals surface area contributed by atoms with Crippen molar-refractivity contribution in [2.24, 2.45) is 0 Å². The molecule has 0 aromatic heterocycles. The molecule has 2 rings (SSSR count). The van der Waals surface area contributed by atoms with Gasteiger partial charge in [0.05, 0.1) is 28.5 Å². The maximum atomic E-state index is 12.9. The van der Waals surface area contributed by atoms with Crippen molar-refractivity contribution in [1.82, 2.24) is 0 Å². The van der Waals surface area contributed by atoms with E-state index >= 15 is 0 Å². The lowest BCUT2D eigenvalue weighted by atomic mass is 10.1. The van der Waals surface area contributed by atoms with Crippen LogP contribution in [0, 0.1) is 21.4 Å². The van der Waals surface area contributed by atoms with Gasteiger partial charge in [0.15, 0.2) is 0 Å².